The van der Waals surface area contributed by atoms with Crippen LogP contribution in [0.15, 0.2) is 29.2 Å². The van der Waals surface area contributed by atoms with Crippen LogP contribution >= 0.6 is 24.4 Å². The second kappa shape index (κ2) is 7.24. The number of thioether (sulfide) groups is 1. The maximum absolute atomic E-state index is 4.26. The number of aryl methyl sites for hydroxylation is 1. The molecule has 0 nitrogen and oxygen atoms in total. The summed E-state index contributed by atoms with van der Waals surface area (Å²) in [5.74, 6) is 3.04. The van der Waals surface area contributed by atoms with Crippen LogP contribution in [0.25, 0.3) is 0 Å². The first kappa shape index (κ1) is 13.0. The summed E-state index contributed by atoms with van der Waals surface area (Å²) in [7, 11) is 0. The number of rotatable bonds is 6. The molecule has 1 rings (SSSR count). The van der Waals surface area contributed by atoms with Gasteiger partial charge in [-0.25, -0.2) is 0 Å². The van der Waals surface area contributed by atoms with Crippen molar-refractivity contribution < 1.29 is 0 Å². The third-order valence-electron chi connectivity index (χ3n) is 2.58. The molecular formula is C13H20S2. The second-order valence-corrected chi connectivity index (χ2v) is 5.60. The molecule has 0 spiro atoms. The first-order chi connectivity index (χ1) is 7.24. The standard InChI is InChI=1S/C13H20S2/c1-11(7-9-14)8-10-15-13-6-4-3-5-12(13)2/h3-6,11,14H,7-10H2,1-2H3. The Hall–Kier alpha value is -0.0800. The summed E-state index contributed by atoms with van der Waals surface area (Å²) in [6.07, 6.45) is 2.52. The summed E-state index contributed by atoms with van der Waals surface area (Å²) in [5, 5.41) is 0. The third-order valence-corrected chi connectivity index (χ3v) is 4.05. The quantitative estimate of drug-likeness (QED) is 0.567. The van der Waals surface area contributed by atoms with E-state index in [1.54, 1.807) is 0 Å². The van der Waals surface area contributed by atoms with Crippen molar-refractivity contribution in [2.75, 3.05) is 11.5 Å². The van der Waals surface area contributed by atoms with Gasteiger partial charge in [-0.15, -0.1) is 11.8 Å². The van der Waals surface area contributed by atoms with Gasteiger partial charge in [0, 0.05) is 4.90 Å². The lowest BCUT2D eigenvalue weighted by Crippen LogP contribution is -1.97. The normalized spacial score (nSPS) is 12.7. The maximum atomic E-state index is 4.26. The van der Waals surface area contributed by atoms with Gasteiger partial charge in [0.05, 0.1) is 0 Å². The van der Waals surface area contributed by atoms with Crippen molar-refractivity contribution in [3.05, 3.63) is 29.8 Å². The van der Waals surface area contributed by atoms with Gasteiger partial charge in [-0.3, -0.25) is 0 Å². The minimum Gasteiger partial charge on any atom is -0.179 e. The summed E-state index contributed by atoms with van der Waals surface area (Å²) in [5.41, 5.74) is 1.39. The minimum absolute atomic E-state index is 0.805. The first-order valence-corrected chi connectivity index (χ1v) is 7.15. The zero-order valence-corrected chi connectivity index (χ0v) is 11.3. The molecule has 0 aromatic heterocycles. The Bertz CT molecular complexity index is 284. The molecule has 1 unspecified atom stereocenters. The fourth-order valence-corrected chi connectivity index (χ4v) is 3.10. The summed E-state index contributed by atoms with van der Waals surface area (Å²) in [6.45, 7) is 4.49. The highest BCUT2D eigenvalue weighted by atomic mass is 32.2. The fraction of sp³-hybridized carbons (Fsp3) is 0.538. The van der Waals surface area contributed by atoms with Crippen LogP contribution < -0.4 is 0 Å². The maximum Gasteiger partial charge on any atom is 0.0101 e. The van der Waals surface area contributed by atoms with Crippen molar-refractivity contribution in [3.63, 3.8) is 0 Å². The van der Waals surface area contributed by atoms with Crippen molar-refractivity contribution in [1.82, 2.24) is 0 Å². The Morgan fingerprint density at radius 3 is 2.67 bits per heavy atom. The molecule has 84 valence electrons. The van der Waals surface area contributed by atoms with E-state index in [1.165, 1.54) is 29.1 Å². The van der Waals surface area contributed by atoms with E-state index in [1.807, 2.05) is 11.8 Å². The minimum atomic E-state index is 0.805. The molecule has 0 heterocycles. The molecule has 0 saturated heterocycles. The molecule has 1 atom stereocenters. The van der Waals surface area contributed by atoms with Crippen LogP contribution in [-0.4, -0.2) is 11.5 Å². The van der Waals surface area contributed by atoms with Gasteiger partial charge < -0.3 is 0 Å². The van der Waals surface area contributed by atoms with Gasteiger partial charge in [-0.1, -0.05) is 25.1 Å². The average Bonchev–Trinajstić information content (AvgIpc) is 2.21. The molecule has 0 aliphatic carbocycles. The van der Waals surface area contributed by atoms with E-state index in [4.69, 9.17) is 0 Å². The predicted molar refractivity (Wildman–Crippen MR) is 74.2 cm³/mol. The summed E-state index contributed by atoms with van der Waals surface area (Å²) < 4.78 is 0. The molecular weight excluding hydrogens is 220 g/mol. The Kier molecular flexibility index (Phi) is 6.26. The van der Waals surface area contributed by atoms with E-state index in [0.29, 0.717) is 0 Å². The van der Waals surface area contributed by atoms with Gasteiger partial charge >= 0.3 is 0 Å². The van der Waals surface area contributed by atoms with E-state index >= 15 is 0 Å². The predicted octanol–water partition coefficient (Wildman–Crippen LogP) is 4.43. The van der Waals surface area contributed by atoms with Gasteiger partial charge in [0.15, 0.2) is 0 Å². The molecule has 0 aliphatic heterocycles. The lowest BCUT2D eigenvalue weighted by Gasteiger charge is -2.09. The molecule has 0 fully saturated rings. The highest BCUT2D eigenvalue weighted by Gasteiger charge is 2.02. The highest BCUT2D eigenvalue weighted by molar-refractivity contribution is 7.99. The molecule has 0 saturated carbocycles. The molecule has 0 N–H and O–H groups in total. The van der Waals surface area contributed by atoms with Crippen molar-refractivity contribution in [2.24, 2.45) is 5.92 Å². The summed E-state index contributed by atoms with van der Waals surface area (Å²) >= 11 is 6.24. The van der Waals surface area contributed by atoms with Gasteiger partial charge in [0.1, 0.15) is 0 Å². The molecule has 0 radical (unpaired) electrons. The second-order valence-electron chi connectivity index (χ2n) is 4.02. The van der Waals surface area contributed by atoms with Gasteiger partial charge in [-0.05, 0) is 48.8 Å². The molecule has 0 amide bonds. The van der Waals surface area contributed by atoms with Crippen molar-refractivity contribution in [2.45, 2.75) is 31.6 Å². The Balaban J connectivity index is 2.29. The van der Waals surface area contributed by atoms with Crippen LogP contribution in [0.4, 0.5) is 0 Å². The zero-order chi connectivity index (χ0) is 11.1. The van der Waals surface area contributed by atoms with Crippen molar-refractivity contribution >= 4 is 24.4 Å². The topological polar surface area (TPSA) is 0 Å². The highest BCUT2D eigenvalue weighted by Crippen LogP contribution is 2.24. The Morgan fingerprint density at radius 2 is 2.00 bits per heavy atom. The van der Waals surface area contributed by atoms with Gasteiger partial charge in [0.2, 0.25) is 0 Å². The van der Waals surface area contributed by atoms with Crippen LogP contribution in [-0.2, 0) is 0 Å². The first-order valence-electron chi connectivity index (χ1n) is 5.53. The van der Waals surface area contributed by atoms with Gasteiger partial charge in [0.25, 0.3) is 0 Å². The van der Waals surface area contributed by atoms with E-state index in [0.717, 1.165) is 11.7 Å². The molecule has 15 heavy (non-hydrogen) atoms. The fourth-order valence-electron chi connectivity index (χ4n) is 1.45. The Morgan fingerprint density at radius 1 is 1.27 bits per heavy atom. The number of thiol groups is 1. The van der Waals surface area contributed by atoms with E-state index in [-0.39, 0.29) is 0 Å². The number of hydrogen-bond acceptors (Lipinski definition) is 2. The summed E-state index contributed by atoms with van der Waals surface area (Å²) in [4.78, 5) is 1.43. The van der Waals surface area contributed by atoms with E-state index < -0.39 is 0 Å². The van der Waals surface area contributed by atoms with Crippen LogP contribution in [0.2, 0.25) is 0 Å². The molecule has 2 heteroatoms. The zero-order valence-electron chi connectivity index (χ0n) is 9.57. The lowest BCUT2D eigenvalue weighted by molar-refractivity contribution is 0.554. The Labute approximate surface area is 103 Å². The monoisotopic (exact) mass is 240 g/mol. The van der Waals surface area contributed by atoms with Crippen LogP contribution in [0.3, 0.4) is 0 Å². The molecule has 1 aromatic carbocycles. The molecule has 0 aliphatic rings. The number of hydrogen-bond donors (Lipinski definition) is 1. The van der Waals surface area contributed by atoms with Crippen molar-refractivity contribution in [1.29, 1.82) is 0 Å². The van der Waals surface area contributed by atoms with Crippen LogP contribution in [0, 0.1) is 12.8 Å². The van der Waals surface area contributed by atoms with Gasteiger partial charge in [-0.2, -0.15) is 12.6 Å². The average molecular weight is 240 g/mol. The van der Waals surface area contributed by atoms with E-state index in [2.05, 4.69) is 50.7 Å². The lowest BCUT2D eigenvalue weighted by atomic mass is 10.1. The van der Waals surface area contributed by atoms with Crippen LogP contribution in [0.1, 0.15) is 25.3 Å². The van der Waals surface area contributed by atoms with E-state index in [9.17, 15) is 0 Å². The largest absolute Gasteiger partial charge is 0.179 e. The SMILES string of the molecule is Cc1ccccc1SCCC(C)CCS. The smallest absolute Gasteiger partial charge is 0.0101 e. The summed E-state index contributed by atoms with van der Waals surface area (Å²) in [6, 6.07) is 8.61. The number of benzene rings is 1. The molecule has 0 bridgehead atoms. The van der Waals surface area contributed by atoms with Crippen molar-refractivity contribution in [3.8, 4) is 0 Å². The molecule has 1 aromatic rings. The van der Waals surface area contributed by atoms with Crippen LogP contribution in [0.5, 0.6) is 0 Å². The third kappa shape index (κ3) is 4.98.